The van der Waals surface area contributed by atoms with Crippen molar-refractivity contribution in [2.45, 2.75) is 12.8 Å². The topological polar surface area (TPSA) is 64.1 Å². The minimum atomic E-state index is 0.0199. The lowest BCUT2D eigenvalue weighted by Crippen LogP contribution is -2.14. The minimum absolute atomic E-state index is 0.0199. The minimum Gasteiger partial charge on any atom is -0.481 e. The van der Waals surface area contributed by atoms with Gasteiger partial charge in [-0.2, -0.15) is 0 Å². The first kappa shape index (κ1) is 15.8. The Labute approximate surface area is 150 Å². The second-order valence-electron chi connectivity index (χ2n) is 6.05. The van der Waals surface area contributed by atoms with Gasteiger partial charge in [0.05, 0.1) is 12.8 Å². The van der Waals surface area contributed by atoms with E-state index in [2.05, 4.69) is 15.3 Å². The van der Waals surface area contributed by atoms with Gasteiger partial charge < -0.3 is 10.1 Å². The van der Waals surface area contributed by atoms with Gasteiger partial charge >= 0.3 is 0 Å². The van der Waals surface area contributed by atoms with Crippen LogP contribution in [0, 0.1) is 5.92 Å². The highest BCUT2D eigenvalue weighted by Gasteiger charge is 2.29. The molecule has 1 fully saturated rings. The quantitative estimate of drug-likeness (QED) is 0.759. The Bertz CT molecular complexity index is 970. The van der Waals surface area contributed by atoms with E-state index in [1.807, 2.05) is 30.3 Å². The normalized spacial score (nSPS) is 13.7. The molecule has 2 aromatic heterocycles. The Morgan fingerprint density at radius 2 is 2.08 bits per heavy atom. The third kappa shape index (κ3) is 3.15. The molecule has 1 aliphatic carbocycles. The molecule has 1 aromatic carbocycles. The van der Waals surface area contributed by atoms with Crippen LogP contribution in [0.15, 0.2) is 42.6 Å². The second kappa shape index (κ2) is 6.33. The molecule has 0 radical (unpaired) electrons. The Kier molecular flexibility index (Phi) is 4.01. The highest BCUT2D eigenvalue weighted by molar-refractivity contribution is 6.33. The van der Waals surface area contributed by atoms with E-state index in [0.717, 1.165) is 29.2 Å². The zero-order valence-electron chi connectivity index (χ0n) is 13.6. The number of nitrogens with zero attached hydrogens (tertiary/aromatic N) is 2. The van der Waals surface area contributed by atoms with E-state index in [0.29, 0.717) is 22.4 Å². The number of pyridine rings is 2. The number of anilines is 1. The average molecular weight is 354 g/mol. The Morgan fingerprint density at radius 1 is 1.28 bits per heavy atom. The standard InChI is InChI=1S/C19H16ClN3O2/c1-25-19-14-9-17(23-18(24)11-6-7-11)21-10-12(14)8-16(22-19)13-4-2-3-5-15(13)20/h2-5,8-11H,6-7H2,1H3,(H,21,23,24). The van der Waals surface area contributed by atoms with Crippen LogP contribution in [0.2, 0.25) is 5.02 Å². The maximum atomic E-state index is 11.9. The first-order chi connectivity index (χ1) is 12.2. The summed E-state index contributed by atoms with van der Waals surface area (Å²) in [4.78, 5) is 20.8. The fourth-order valence-corrected chi connectivity index (χ4v) is 2.95. The van der Waals surface area contributed by atoms with E-state index in [9.17, 15) is 4.79 Å². The van der Waals surface area contributed by atoms with Gasteiger partial charge in [-0.1, -0.05) is 29.8 Å². The Balaban J connectivity index is 1.77. The number of benzene rings is 1. The van der Waals surface area contributed by atoms with Crippen LogP contribution >= 0.6 is 11.6 Å². The van der Waals surface area contributed by atoms with Crippen molar-refractivity contribution in [1.82, 2.24) is 9.97 Å². The number of rotatable bonds is 4. The summed E-state index contributed by atoms with van der Waals surface area (Å²) in [5.41, 5.74) is 1.54. The van der Waals surface area contributed by atoms with E-state index in [-0.39, 0.29) is 11.8 Å². The fraction of sp³-hybridized carbons (Fsp3) is 0.211. The molecule has 4 rings (SSSR count). The predicted octanol–water partition coefficient (Wildman–Crippen LogP) is 4.31. The molecule has 1 aliphatic rings. The summed E-state index contributed by atoms with van der Waals surface area (Å²) in [5, 5.41) is 5.13. The van der Waals surface area contributed by atoms with Gasteiger partial charge in [0.1, 0.15) is 5.82 Å². The second-order valence-corrected chi connectivity index (χ2v) is 6.46. The number of nitrogens with one attached hydrogen (secondary N) is 1. The van der Waals surface area contributed by atoms with Gasteiger partial charge in [-0.25, -0.2) is 9.97 Å². The molecular formula is C19H16ClN3O2. The van der Waals surface area contributed by atoms with Crippen LogP contribution < -0.4 is 10.1 Å². The van der Waals surface area contributed by atoms with E-state index in [1.54, 1.807) is 19.4 Å². The van der Waals surface area contributed by atoms with E-state index in [4.69, 9.17) is 16.3 Å². The summed E-state index contributed by atoms with van der Waals surface area (Å²) in [6.07, 6.45) is 3.61. The summed E-state index contributed by atoms with van der Waals surface area (Å²) in [6, 6.07) is 11.2. The number of carbonyl (C=O) groups is 1. The summed E-state index contributed by atoms with van der Waals surface area (Å²) in [7, 11) is 1.57. The summed E-state index contributed by atoms with van der Waals surface area (Å²) >= 11 is 6.28. The maximum Gasteiger partial charge on any atom is 0.228 e. The van der Waals surface area contributed by atoms with Crippen molar-refractivity contribution in [3.63, 3.8) is 0 Å². The van der Waals surface area contributed by atoms with Crippen molar-refractivity contribution >= 4 is 34.1 Å². The van der Waals surface area contributed by atoms with Crippen LogP contribution in [0.3, 0.4) is 0 Å². The summed E-state index contributed by atoms with van der Waals surface area (Å²) in [5.74, 6) is 1.12. The van der Waals surface area contributed by atoms with Crippen molar-refractivity contribution in [3.05, 3.63) is 47.6 Å². The number of fused-ring (bicyclic) bond motifs is 1. The lowest BCUT2D eigenvalue weighted by Gasteiger charge is -2.11. The number of hydrogen-bond donors (Lipinski definition) is 1. The van der Waals surface area contributed by atoms with E-state index < -0.39 is 0 Å². The molecule has 25 heavy (non-hydrogen) atoms. The molecule has 0 bridgehead atoms. The molecule has 0 atom stereocenters. The number of ether oxygens (including phenoxy) is 1. The SMILES string of the molecule is COc1nc(-c2ccccc2Cl)cc2cnc(NC(=O)C3CC3)cc12. The molecule has 1 N–H and O–H groups in total. The van der Waals surface area contributed by atoms with Crippen LogP contribution in [0.4, 0.5) is 5.82 Å². The van der Waals surface area contributed by atoms with Crippen LogP contribution in [-0.4, -0.2) is 23.0 Å². The third-order valence-corrected chi connectivity index (χ3v) is 4.55. The Hall–Kier alpha value is -2.66. The van der Waals surface area contributed by atoms with Crippen LogP contribution in [-0.2, 0) is 4.79 Å². The molecule has 2 heterocycles. The van der Waals surface area contributed by atoms with Gasteiger partial charge in [-0.3, -0.25) is 4.79 Å². The number of hydrogen-bond acceptors (Lipinski definition) is 4. The van der Waals surface area contributed by atoms with Crippen molar-refractivity contribution in [3.8, 4) is 17.1 Å². The van der Waals surface area contributed by atoms with E-state index >= 15 is 0 Å². The zero-order chi connectivity index (χ0) is 17.4. The van der Waals surface area contributed by atoms with Crippen molar-refractivity contribution in [2.75, 3.05) is 12.4 Å². The highest BCUT2D eigenvalue weighted by atomic mass is 35.5. The van der Waals surface area contributed by atoms with E-state index in [1.165, 1.54) is 0 Å². The van der Waals surface area contributed by atoms with Gasteiger partial charge in [0.25, 0.3) is 0 Å². The fourth-order valence-electron chi connectivity index (χ4n) is 2.72. The van der Waals surface area contributed by atoms with Crippen LogP contribution in [0.25, 0.3) is 22.0 Å². The van der Waals surface area contributed by atoms with Crippen molar-refractivity contribution < 1.29 is 9.53 Å². The number of amides is 1. The number of halogens is 1. The lowest BCUT2D eigenvalue weighted by molar-refractivity contribution is -0.117. The number of carbonyl (C=O) groups excluding carboxylic acids is 1. The molecule has 0 spiro atoms. The van der Waals surface area contributed by atoms with Crippen molar-refractivity contribution in [2.24, 2.45) is 5.92 Å². The largest absolute Gasteiger partial charge is 0.481 e. The zero-order valence-corrected chi connectivity index (χ0v) is 14.4. The Morgan fingerprint density at radius 3 is 2.80 bits per heavy atom. The smallest absolute Gasteiger partial charge is 0.228 e. The van der Waals surface area contributed by atoms with Crippen LogP contribution in [0.5, 0.6) is 5.88 Å². The molecule has 0 saturated heterocycles. The lowest BCUT2D eigenvalue weighted by atomic mass is 10.1. The first-order valence-corrected chi connectivity index (χ1v) is 8.44. The van der Waals surface area contributed by atoms with Gasteiger partial charge in [0, 0.05) is 33.5 Å². The molecule has 6 heteroatoms. The molecule has 0 unspecified atom stereocenters. The van der Waals surface area contributed by atoms with Crippen LogP contribution in [0.1, 0.15) is 12.8 Å². The molecular weight excluding hydrogens is 338 g/mol. The summed E-state index contributed by atoms with van der Waals surface area (Å²) in [6.45, 7) is 0. The molecule has 126 valence electrons. The van der Waals surface area contributed by atoms with Crippen molar-refractivity contribution in [1.29, 1.82) is 0 Å². The van der Waals surface area contributed by atoms with Gasteiger partial charge in [-0.15, -0.1) is 0 Å². The summed E-state index contributed by atoms with van der Waals surface area (Å²) < 4.78 is 5.45. The maximum absolute atomic E-state index is 11.9. The third-order valence-electron chi connectivity index (χ3n) is 4.22. The first-order valence-electron chi connectivity index (χ1n) is 8.06. The average Bonchev–Trinajstić information content (AvgIpc) is 3.46. The molecule has 0 aliphatic heterocycles. The molecule has 3 aromatic rings. The monoisotopic (exact) mass is 353 g/mol. The van der Waals surface area contributed by atoms with Gasteiger partial charge in [0.15, 0.2) is 0 Å². The van der Waals surface area contributed by atoms with Gasteiger partial charge in [-0.05, 0) is 31.0 Å². The molecule has 5 nitrogen and oxygen atoms in total. The number of aromatic nitrogens is 2. The predicted molar refractivity (Wildman–Crippen MR) is 97.9 cm³/mol. The van der Waals surface area contributed by atoms with Gasteiger partial charge in [0.2, 0.25) is 11.8 Å². The molecule has 1 saturated carbocycles. The number of methoxy groups -OCH3 is 1. The molecule has 1 amide bonds. The highest BCUT2D eigenvalue weighted by Crippen LogP contribution is 2.34.